The maximum absolute atomic E-state index is 2.70. The van der Waals surface area contributed by atoms with Crippen LogP contribution in [0, 0.1) is 0 Å². The van der Waals surface area contributed by atoms with Gasteiger partial charge >= 0.3 is 0 Å². The SMILES string of the molecule is CC(C)(C)c1cc(-n2c3ccccc3c3cc4c5c(c6ccccc6n5-c5cc(-n6c7ccc(C(C)(C)C)cc7c7cc(C(C)(C)C)ccc76)cc6c5B4c4cc5c(cc4S6)C4(c6ccccc6-c6ccccc64)c4ccccc4-5)c32)cc(C(C)(C)C)c1. The summed E-state index contributed by atoms with van der Waals surface area (Å²) in [7, 11) is 0. The molecule has 5 heteroatoms. The Bertz CT molecular complexity index is 5330. The highest BCUT2D eigenvalue weighted by Gasteiger charge is 2.53. The molecule has 0 bridgehead atoms. The van der Waals surface area contributed by atoms with Gasteiger partial charge in [-0.2, -0.15) is 0 Å². The van der Waals surface area contributed by atoms with Gasteiger partial charge in [0.05, 0.1) is 38.5 Å². The van der Waals surface area contributed by atoms with Crippen LogP contribution >= 0.6 is 11.8 Å². The van der Waals surface area contributed by atoms with Crippen LogP contribution in [0.2, 0.25) is 0 Å². The van der Waals surface area contributed by atoms with Gasteiger partial charge < -0.3 is 13.7 Å². The Hall–Kier alpha value is -8.77. The molecule has 0 saturated carbocycles. The lowest BCUT2D eigenvalue weighted by Crippen LogP contribution is -2.59. The van der Waals surface area contributed by atoms with Crippen LogP contribution < -0.4 is 16.4 Å². The molecule has 3 aromatic heterocycles. The average molecular weight is 1150 g/mol. The molecular formula is C83H70BN3S. The molecular weight excluding hydrogens is 1080 g/mol. The number of hydrogen-bond acceptors (Lipinski definition) is 1. The van der Waals surface area contributed by atoms with E-state index in [1.54, 1.807) is 0 Å². The minimum Gasteiger partial charge on any atom is -0.310 e. The van der Waals surface area contributed by atoms with E-state index in [1.165, 1.54) is 175 Å². The number of nitrogens with zero attached hydrogens (tertiary/aromatic N) is 3. The highest BCUT2D eigenvalue weighted by atomic mass is 32.2. The molecule has 0 fully saturated rings. The summed E-state index contributed by atoms with van der Waals surface area (Å²) in [6.07, 6.45) is 0. The molecule has 0 N–H and O–H groups in total. The van der Waals surface area contributed by atoms with Gasteiger partial charge in [-0.3, -0.25) is 0 Å². The standard InChI is InChI=1S/C83H70BN3S/c1-79(2,3)47-33-35-70-59(40-47)60-41-48(80(4,5)6)34-36-71(60)85(70)52-42-72-76-74(43-52)88-73-46-65-58(55-25-15-20-30-64(55)83(65)62-28-18-13-23-53(62)54-24-14-19-29-63(54)83)44-66(73)84(76)67-45-61-56-26-16-21-31-68(56)86(51-38-49(81(7,8)9)37-50(39-51)82(10,11)12)77(61)75-57-27-17-22-32-69(57)87(72)78(67)75/h13-46H,1-12H3. The third kappa shape index (κ3) is 6.84. The topological polar surface area (TPSA) is 14.8 Å². The van der Waals surface area contributed by atoms with E-state index >= 15 is 0 Å². The quantitative estimate of drug-likeness (QED) is 0.157. The third-order valence-corrected chi connectivity index (χ3v) is 22.0. The van der Waals surface area contributed by atoms with Gasteiger partial charge in [0.1, 0.15) is 0 Å². The van der Waals surface area contributed by atoms with Gasteiger partial charge in [-0.1, -0.05) is 240 Å². The van der Waals surface area contributed by atoms with E-state index in [2.05, 4.69) is 303 Å². The van der Waals surface area contributed by atoms with Gasteiger partial charge in [0.25, 0.3) is 0 Å². The summed E-state index contributed by atoms with van der Waals surface area (Å²) in [5, 5.41) is 7.74. The molecule has 0 radical (unpaired) electrons. The summed E-state index contributed by atoms with van der Waals surface area (Å²) in [5.74, 6) is 0. The first-order valence-electron chi connectivity index (χ1n) is 31.8. The molecule has 4 aliphatic rings. The fourth-order valence-electron chi connectivity index (χ4n) is 16.5. The van der Waals surface area contributed by atoms with Gasteiger partial charge in [-0.05, 0) is 166 Å². The van der Waals surface area contributed by atoms with Crippen LogP contribution in [0.1, 0.15) is 128 Å². The molecule has 0 amide bonds. The Balaban J connectivity index is 0.998. The first-order valence-corrected chi connectivity index (χ1v) is 32.6. The summed E-state index contributed by atoms with van der Waals surface area (Å²) in [5.41, 5.74) is 30.8. The molecule has 426 valence electrons. The largest absolute Gasteiger partial charge is 0.310 e. The lowest BCUT2D eigenvalue weighted by atomic mass is 9.35. The number of hydrogen-bond donors (Lipinski definition) is 0. The second-order valence-corrected chi connectivity index (χ2v) is 31.2. The normalized spacial score (nSPS) is 14.6. The van der Waals surface area contributed by atoms with Crippen molar-refractivity contribution < 1.29 is 0 Å². The summed E-state index contributed by atoms with van der Waals surface area (Å²) in [6, 6.07) is 81.5. The summed E-state index contributed by atoms with van der Waals surface area (Å²) < 4.78 is 7.94. The van der Waals surface area contributed by atoms with Crippen LogP contribution in [-0.4, -0.2) is 20.4 Å². The molecule has 0 atom stereocenters. The van der Waals surface area contributed by atoms with Gasteiger partial charge in [0.2, 0.25) is 6.71 Å². The van der Waals surface area contributed by atoms with Crippen molar-refractivity contribution in [1.29, 1.82) is 0 Å². The van der Waals surface area contributed by atoms with Crippen molar-refractivity contribution >= 4 is 100 Å². The number of fused-ring (bicyclic) bond motifs is 24. The zero-order chi connectivity index (χ0) is 60.0. The zero-order valence-electron chi connectivity index (χ0n) is 52.5. The van der Waals surface area contributed by atoms with Crippen molar-refractivity contribution in [2.45, 2.75) is 120 Å². The maximum Gasteiger partial charge on any atom is 0.249 e. The van der Waals surface area contributed by atoms with Crippen molar-refractivity contribution in [2.75, 3.05) is 0 Å². The Morgan fingerprint density at radius 3 is 1.39 bits per heavy atom. The fraction of sp³-hybridized carbons (Fsp3) is 0.205. The monoisotopic (exact) mass is 1150 g/mol. The Morgan fingerprint density at radius 2 is 0.818 bits per heavy atom. The van der Waals surface area contributed by atoms with Gasteiger partial charge in [-0.25, -0.2) is 0 Å². The van der Waals surface area contributed by atoms with Crippen molar-refractivity contribution in [3.63, 3.8) is 0 Å². The van der Waals surface area contributed by atoms with Crippen LogP contribution in [-0.2, 0) is 27.1 Å². The Labute approximate surface area is 520 Å². The highest BCUT2D eigenvalue weighted by Crippen LogP contribution is 2.63. The second kappa shape index (κ2) is 17.3. The molecule has 14 aromatic rings. The smallest absolute Gasteiger partial charge is 0.249 e. The summed E-state index contributed by atoms with van der Waals surface area (Å²) in [4.78, 5) is 2.64. The average Bonchev–Trinajstić information content (AvgIpc) is 1.47. The highest BCUT2D eigenvalue weighted by molar-refractivity contribution is 8.00. The van der Waals surface area contributed by atoms with Crippen LogP contribution in [0.5, 0.6) is 0 Å². The van der Waals surface area contributed by atoms with Crippen molar-refractivity contribution in [3.05, 3.63) is 251 Å². The minimum atomic E-state index is -0.465. The van der Waals surface area contributed by atoms with Crippen molar-refractivity contribution in [3.8, 4) is 39.3 Å². The predicted octanol–water partition coefficient (Wildman–Crippen LogP) is 19.8. The van der Waals surface area contributed by atoms with E-state index in [9.17, 15) is 0 Å². The second-order valence-electron chi connectivity index (χ2n) is 30.1. The summed E-state index contributed by atoms with van der Waals surface area (Å²) >= 11 is 1.99. The number of para-hydroxylation sites is 2. The maximum atomic E-state index is 2.70. The fourth-order valence-corrected chi connectivity index (χ4v) is 17.8. The molecule has 3 nitrogen and oxygen atoms in total. The molecule has 2 aliphatic carbocycles. The van der Waals surface area contributed by atoms with Crippen molar-refractivity contribution in [1.82, 2.24) is 13.7 Å². The van der Waals surface area contributed by atoms with E-state index in [1.807, 2.05) is 11.8 Å². The van der Waals surface area contributed by atoms with E-state index in [0.717, 1.165) is 0 Å². The van der Waals surface area contributed by atoms with Crippen LogP contribution in [0.25, 0.3) is 105 Å². The third-order valence-electron chi connectivity index (χ3n) is 20.9. The lowest BCUT2D eigenvalue weighted by Gasteiger charge is -2.35. The first-order chi connectivity index (χ1) is 42.2. The molecule has 18 rings (SSSR count). The molecule has 11 aromatic carbocycles. The number of aromatic nitrogens is 3. The molecule has 0 saturated heterocycles. The predicted molar refractivity (Wildman–Crippen MR) is 376 cm³/mol. The van der Waals surface area contributed by atoms with Gasteiger partial charge in [-0.15, -0.1) is 0 Å². The van der Waals surface area contributed by atoms with Crippen molar-refractivity contribution in [2.24, 2.45) is 0 Å². The van der Waals surface area contributed by atoms with Crippen LogP contribution in [0.15, 0.2) is 216 Å². The lowest BCUT2D eigenvalue weighted by molar-refractivity contribution is 0.568. The molecule has 88 heavy (non-hydrogen) atoms. The minimum absolute atomic E-state index is 0.0162. The first kappa shape index (κ1) is 52.4. The Kier molecular flexibility index (Phi) is 10.3. The molecule has 5 heterocycles. The van der Waals surface area contributed by atoms with E-state index < -0.39 is 5.41 Å². The summed E-state index contributed by atoms with van der Waals surface area (Å²) in [6.45, 7) is 28.1. The van der Waals surface area contributed by atoms with Gasteiger partial charge in [0, 0.05) is 59.2 Å². The van der Waals surface area contributed by atoms with Crippen LogP contribution in [0.3, 0.4) is 0 Å². The van der Waals surface area contributed by atoms with E-state index in [0.29, 0.717) is 0 Å². The van der Waals surface area contributed by atoms with Gasteiger partial charge in [0.15, 0.2) is 0 Å². The van der Waals surface area contributed by atoms with E-state index in [-0.39, 0.29) is 28.4 Å². The molecule has 1 spiro atoms. The Morgan fingerprint density at radius 1 is 0.330 bits per heavy atom. The zero-order valence-corrected chi connectivity index (χ0v) is 53.3. The van der Waals surface area contributed by atoms with E-state index in [4.69, 9.17) is 0 Å². The molecule has 0 unspecified atom stereocenters. The molecule has 2 aliphatic heterocycles. The number of benzene rings is 11. The van der Waals surface area contributed by atoms with Crippen LogP contribution in [0.4, 0.5) is 0 Å². The number of rotatable bonds is 2.